The Hall–Kier alpha value is -0.0800. The fourth-order valence-electron chi connectivity index (χ4n) is 4.14. The molecular weight excluding hydrogens is 208 g/mol. The summed E-state index contributed by atoms with van der Waals surface area (Å²) in [5.74, 6) is 2.67. The fraction of sp³-hybridized carbons (Fsp3) is 1.00. The third kappa shape index (κ3) is 3.23. The van der Waals surface area contributed by atoms with Gasteiger partial charge in [0.05, 0.1) is 0 Å². The topological polar surface area (TPSA) is 15.3 Å². The van der Waals surface area contributed by atoms with E-state index in [1.165, 1.54) is 38.8 Å². The van der Waals surface area contributed by atoms with Crippen LogP contribution in [0, 0.1) is 17.8 Å². The Balaban J connectivity index is 1.90. The van der Waals surface area contributed by atoms with Gasteiger partial charge < -0.3 is 5.32 Å². The van der Waals surface area contributed by atoms with Crippen LogP contribution in [0.1, 0.15) is 46.5 Å². The van der Waals surface area contributed by atoms with Gasteiger partial charge in [0.1, 0.15) is 0 Å². The summed E-state index contributed by atoms with van der Waals surface area (Å²) in [7, 11) is 2.11. The lowest BCUT2D eigenvalue weighted by molar-refractivity contribution is 0.0599. The molecule has 0 amide bonds. The van der Waals surface area contributed by atoms with Gasteiger partial charge in [-0.2, -0.15) is 0 Å². The molecule has 2 rings (SSSR count). The Kier molecular flexibility index (Phi) is 4.48. The molecule has 2 fully saturated rings. The minimum Gasteiger partial charge on any atom is -0.317 e. The van der Waals surface area contributed by atoms with Crippen LogP contribution in [-0.4, -0.2) is 37.1 Å². The summed E-state index contributed by atoms with van der Waals surface area (Å²) in [6.45, 7) is 9.89. The van der Waals surface area contributed by atoms with E-state index in [9.17, 15) is 0 Å². The summed E-state index contributed by atoms with van der Waals surface area (Å²) in [6, 6.07) is 1.61. The van der Waals surface area contributed by atoms with Crippen molar-refractivity contribution in [1.29, 1.82) is 0 Å². The summed E-state index contributed by atoms with van der Waals surface area (Å²) in [4.78, 5) is 2.78. The largest absolute Gasteiger partial charge is 0.317 e. The van der Waals surface area contributed by atoms with Gasteiger partial charge in [-0.3, -0.25) is 4.90 Å². The Labute approximate surface area is 107 Å². The lowest BCUT2D eigenvalue weighted by Gasteiger charge is -2.44. The van der Waals surface area contributed by atoms with Crippen molar-refractivity contribution in [2.75, 3.05) is 20.1 Å². The normalized spacial score (nSPS) is 44.8. The van der Waals surface area contributed by atoms with E-state index in [1.54, 1.807) is 0 Å². The molecule has 0 aromatic carbocycles. The number of rotatable bonds is 2. The number of nitrogens with zero attached hydrogens (tertiary/aromatic N) is 1. The molecule has 1 saturated carbocycles. The quantitative estimate of drug-likeness (QED) is 0.796. The van der Waals surface area contributed by atoms with Crippen molar-refractivity contribution in [3.8, 4) is 0 Å². The number of hydrogen-bond donors (Lipinski definition) is 1. The SMILES string of the molecule is CNC1CCN(C2CC(C)CC(C)C2)CC1C. The third-order valence-corrected chi connectivity index (χ3v) is 4.98. The molecular formula is C15H30N2. The van der Waals surface area contributed by atoms with E-state index in [0.29, 0.717) is 0 Å². The van der Waals surface area contributed by atoms with E-state index in [0.717, 1.165) is 29.8 Å². The smallest absolute Gasteiger partial charge is 0.0114 e. The zero-order chi connectivity index (χ0) is 12.4. The van der Waals surface area contributed by atoms with Crippen molar-refractivity contribution < 1.29 is 0 Å². The molecule has 0 aromatic rings. The average molecular weight is 238 g/mol. The highest BCUT2D eigenvalue weighted by Gasteiger charge is 2.32. The summed E-state index contributed by atoms with van der Waals surface area (Å²) in [5, 5.41) is 3.47. The highest BCUT2D eigenvalue weighted by atomic mass is 15.2. The Morgan fingerprint density at radius 3 is 2.18 bits per heavy atom. The van der Waals surface area contributed by atoms with Crippen molar-refractivity contribution >= 4 is 0 Å². The van der Waals surface area contributed by atoms with Gasteiger partial charge in [0.25, 0.3) is 0 Å². The maximum atomic E-state index is 3.47. The summed E-state index contributed by atoms with van der Waals surface area (Å²) >= 11 is 0. The average Bonchev–Trinajstić information content (AvgIpc) is 2.27. The summed E-state index contributed by atoms with van der Waals surface area (Å²) in [6.07, 6.45) is 5.64. The van der Waals surface area contributed by atoms with Crippen LogP contribution in [0.3, 0.4) is 0 Å². The van der Waals surface area contributed by atoms with E-state index in [-0.39, 0.29) is 0 Å². The van der Waals surface area contributed by atoms with Gasteiger partial charge in [-0.15, -0.1) is 0 Å². The van der Waals surface area contributed by atoms with Gasteiger partial charge in [0.15, 0.2) is 0 Å². The van der Waals surface area contributed by atoms with Crippen molar-refractivity contribution in [2.45, 2.75) is 58.5 Å². The molecule has 17 heavy (non-hydrogen) atoms. The highest BCUT2D eigenvalue weighted by molar-refractivity contribution is 4.88. The molecule has 1 N–H and O–H groups in total. The number of likely N-dealkylation sites (tertiary alicyclic amines) is 1. The minimum absolute atomic E-state index is 0.740. The maximum Gasteiger partial charge on any atom is 0.0114 e. The number of piperidine rings is 1. The van der Waals surface area contributed by atoms with Gasteiger partial charge in [-0.25, -0.2) is 0 Å². The van der Waals surface area contributed by atoms with Crippen LogP contribution >= 0.6 is 0 Å². The molecule has 0 radical (unpaired) electrons. The molecule has 1 aliphatic heterocycles. The van der Waals surface area contributed by atoms with E-state index in [4.69, 9.17) is 0 Å². The molecule has 1 saturated heterocycles. The third-order valence-electron chi connectivity index (χ3n) is 4.98. The van der Waals surface area contributed by atoms with Crippen LogP contribution in [-0.2, 0) is 0 Å². The zero-order valence-corrected chi connectivity index (χ0v) is 12.1. The fourth-order valence-corrected chi connectivity index (χ4v) is 4.14. The van der Waals surface area contributed by atoms with Crippen molar-refractivity contribution in [1.82, 2.24) is 10.2 Å². The number of nitrogens with one attached hydrogen (secondary N) is 1. The Morgan fingerprint density at radius 1 is 1.00 bits per heavy atom. The second kappa shape index (κ2) is 5.71. The van der Waals surface area contributed by atoms with E-state index in [1.807, 2.05) is 0 Å². The van der Waals surface area contributed by atoms with Crippen molar-refractivity contribution in [2.24, 2.45) is 17.8 Å². The standard InChI is InChI=1S/C15H30N2/c1-11-7-12(2)9-14(8-11)17-6-5-15(16-4)13(3)10-17/h11-16H,5-10H2,1-4H3. The number of hydrogen-bond acceptors (Lipinski definition) is 2. The molecule has 1 aliphatic carbocycles. The van der Waals surface area contributed by atoms with Gasteiger partial charge in [0, 0.05) is 18.6 Å². The van der Waals surface area contributed by atoms with E-state index >= 15 is 0 Å². The predicted octanol–water partition coefficient (Wildman–Crippen LogP) is 2.74. The molecule has 4 atom stereocenters. The summed E-state index contributed by atoms with van der Waals surface area (Å²) < 4.78 is 0. The first kappa shape index (κ1) is 13.4. The molecule has 4 unspecified atom stereocenters. The highest BCUT2D eigenvalue weighted by Crippen LogP contribution is 2.33. The molecule has 0 aromatic heterocycles. The van der Waals surface area contributed by atoms with E-state index in [2.05, 4.69) is 38.0 Å². The zero-order valence-electron chi connectivity index (χ0n) is 12.1. The van der Waals surface area contributed by atoms with Crippen molar-refractivity contribution in [3.63, 3.8) is 0 Å². The Bertz CT molecular complexity index is 231. The van der Waals surface area contributed by atoms with Crippen LogP contribution in [0.15, 0.2) is 0 Å². The first-order chi connectivity index (χ1) is 8.10. The minimum atomic E-state index is 0.740. The second-order valence-electron chi connectivity index (χ2n) is 6.73. The van der Waals surface area contributed by atoms with Crippen LogP contribution in [0.5, 0.6) is 0 Å². The van der Waals surface area contributed by atoms with Gasteiger partial charge in [-0.05, 0) is 57.0 Å². The van der Waals surface area contributed by atoms with Gasteiger partial charge in [-0.1, -0.05) is 20.8 Å². The first-order valence-electron chi connectivity index (χ1n) is 7.51. The maximum absolute atomic E-state index is 3.47. The molecule has 2 heteroatoms. The lowest BCUT2D eigenvalue weighted by atomic mass is 9.78. The second-order valence-corrected chi connectivity index (χ2v) is 6.73. The Morgan fingerprint density at radius 2 is 1.65 bits per heavy atom. The molecule has 1 heterocycles. The molecule has 100 valence electrons. The molecule has 0 spiro atoms. The first-order valence-corrected chi connectivity index (χ1v) is 7.51. The molecule has 2 aliphatic rings. The van der Waals surface area contributed by atoms with Crippen LogP contribution in [0.25, 0.3) is 0 Å². The van der Waals surface area contributed by atoms with Crippen LogP contribution in [0.2, 0.25) is 0 Å². The van der Waals surface area contributed by atoms with Gasteiger partial charge in [0.2, 0.25) is 0 Å². The summed E-state index contributed by atoms with van der Waals surface area (Å²) in [5.41, 5.74) is 0. The van der Waals surface area contributed by atoms with Crippen LogP contribution < -0.4 is 5.32 Å². The molecule has 0 bridgehead atoms. The lowest BCUT2D eigenvalue weighted by Crippen LogP contribution is -2.52. The molecule has 2 nitrogen and oxygen atoms in total. The van der Waals surface area contributed by atoms with Crippen LogP contribution in [0.4, 0.5) is 0 Å². The van der Waals surface area contributed by atoms with E-state index < -0.39 is 0 Å². The monoisotopic (exact) mass is 238 g/mol. The van der Waals surface area contributed by atoms with Gasteiger partial charge >= 0.3 is 0 Å². The predicted molar refractivity (Wildman–Crippen MR) is 74.2 cm³/mol. The van der Waals surface area contributed by atoms with Crippen molar-refractivity contribution in [3.05, 3.63) is 0 Å².